The summed E-state index contributed by atoms with van der Waals surface area (Å²) >= 11 is 0. The molecular weight excluding hydrogens is 472 g/mol. The molecular formula is C32H26N4O2. The van der Waals surface area contributed by atoms with Gasteiger partial charge in [-0.3, -0.25) is 9.59 Å². The average molecular weight is 499 g/mol. The van der Waals surface area contributed by atoms with Crippen molar-refractivity contribution >= 4 is 23.2 Å². The quantitative estimate of drug-likeness (QED) is 0.297. The fourth-order valence-corrected chi connectivity index (χ4v) is 4.98. The van der Waals surface area contributed by atoms with Crippen molar-refractivity contribution in [1.82, 2.24) is 9.97 Å². The standard InChI is InChI=1S/C32H26N4O2/c1-21-33-28-19-20-36(29-14-8-6-12-26(29)30(28)34-21)32(38)24-17-15-23(16-18-24)31(37)35-27-13-7-5-11-25(27)22-9-3-2-4-10-22/h2-18H,19-20H2,1H3,(H,33,34)(H,35,37). The van der Waals surface area contributed by atoms with Crippen molar-refractivity contribution < 1.29 is 9.59 Å². The largest absolute Gasteiger partial charge is 0.346 e. The lowest BCUT2D eigenvalue weighted by molar-refractivity contribution is 0.0984. The minimum Gasteiger partial charge on any atom is -0.346 e. The van der Waals surface area contributed by atoms with E-state index in [4.69, 9.17) is 0 Å². The SMILES string of the molecule is Cc1nc2c([nH]1)CCN(C(=O)c1ccc(C(=O)Nc3ccccc3-c3ccccc3)cc1)c1ccccc1-2. The number of aromatic nitrogens is 2. The van der Waals surface area contributed by atoms with Gasteiger partial charge in [0, 0.05) is 46.6 Å². The first-order chi connectivity index (χ1) is 18.6. The highest BCUT2D eigenvalue weighted by Gasteiger charge is 2.27. The third kappa shape index (κ3) is 4.37. The average Bonchev–Trinajstić information content (AvgIpc) is 3.27. The molecule has 6 nitrogen and oxygen atoms in total. The number of amides is 2. The summed E-state index contributed by atoms with van der Waals surface area (Å²) in [5, 5.41) is 3.03. The molecule has 0 radical (unpaired) electrons. The number of anilines is 2. The van der Waals surface area contributed by atoms with Crippen LogP contribution in [0.4, 0.5) is 11.4 Å². The predicted molar refractivity (Wildman–Crippen MR) is 150 cm³/mol. The van der Waals surface area contributed by atoms with E-state index in [9.17, 15) is 9.59 Å². The maximum atomic E-state index is 13.6. The lowest BCUT2D eigenvalue weighted by Crippen LogP contribution is -2.32. The van der Waals surface area contributed by atoms with Gasteiger partial charge in [-0.2, -0.15) is 0 Å². The Balaban J connectivity index is 1.23. The van der Waals surface area contributed by atoms with Gasteiger partial charge in [0.1, 0.15) is 5.82 Å². The second-order valence-corrected chi connectivity index (χ2v) is 9.32. The first-order valence-corrected chi connectivity index (χ1v) is 12.6. The predicted octanol–water partition coefficient (Wildman–Crippen LogP) is 6.51. The number of nitrogens with one attached hydrogen (secondary N) is 2. The molecule has 1 aliphatic heterocycles. The molecule has 6 rings (SSSR count). The summed E-state index contributed by atoms with van der Waals surface area (Å²) < 4.78 is 0. The van der Waals surface area contributed by atoms with E-state index in [0.717, 1.165) is 45.3 Å². The number of carbonyl (C=O) groups is 2. The van der Waals surface area contributed by atoms with Gasteiger partial charge in [0.2, 0.25) is 0 Å². The fourth-order valence-electron chi connectivity index (χ4n) is 4.98. The van der Waals surface area contributed by atoms with Crippen LogP contribution >= 0.6 is 0 Å². The molecule has 4 aromatic carbocycles. The molecule has 2 heterocycles. The molecule has 0 saturated carbocycles. The molecule has 2 N–H and O–H groups in total. The minimum absolute atomic E-state index is 0.110. The maximum absolute atomic E-state index is 13.6. The van der Waals surface area contributed by atoms with Crippen LogP contribution in [0.2, 0.25) is 0 Å². The third-order valence-corrected chi connectivity index (χ3v) is 6.83. The summed E-state index contributed by atoms with van der Waals surface area (Å²) in [6, 6.07) is 32.4. The number of rotatable bonds is 4. The molecule has 0 saturated heterocycles. The second kappa shape index (κ2) is 9.82. The molecule has 0 bridgehead atoms. The molecule has 1 aliphatic rings. The van der Waals surface area contributed by atoms with Gasteiger partial charge in [0.15, 0.2) is 0 Å². The van der Waals surface area contributed by atoms with Crippen molar-refractivity contribution in [2.45, 2.75) is 13.3 Å². The van der Waals surface area contributed by atoms with E-state index in [-0.39, 0.29) is 11.8 Å². The first-order valence-electron chi connectivity index (χ1n) is 12.6. The number of para-hydroxylation sites is 2. The first kappa shape index (κ1) is 23.4. The van der Waals surface area contributed by atoms with Gasteiger partial charge in [-0.25, -0.2) is 4.98 Å². The Morgan fingerprint density at radius 2 is 1.45 bits per heavy atom. The molecule has 1 aromatic heterocycles. The zero-order valence-electron chi connectivity index (χ0n) is 20.9. The molecule has 38 heavy (non-hydrogen) atoms. The maximum Gasteiger partial charge on any atom is 0.258 e. The monoisotopic (exact) mass is 498 g/mol. The Kier molecular flexibility index (Phi) is 6.06. The number of benzene rings is 4. The van der Waals surface area contributed by atoms with E-state index >= 15 is 0 Å². The molecule has 0 unspecified atom stereocenters. The molecule has 2 amide bonds. The molecule has 0 fully saturated rings. The Bertz CT molecular complexity index is 1640. The normalized spacial score (nSPS) is 12.3. The van der Waals surface area contributed by atoms with Gasteiger partial charge in [0.05, 0.1) is 11.4 Å². The van der Waals surface area contributed by atoms with Crippen molar-refractivity contribution in [3.63, 3.8) is 0 Å². The van der Waals surface area contributed by atoms with E-state index in [2.05, 4.69) is 15.3 Å². The lowest BCUT2D eigenvalue weighted by atomic mass is 10.0. The van der Waals surface area contributed by atoms with Gasteiger partial charge in [-0.1, -0.05) is 66.7 Å². The van der Waals surface area contributed by atoms with Gasteiger partial charge in [-0.15, -0.1) is 0 Å². The van der Waals surface area contributed by atoms with Gasteiger partial charge in [-0.05, 0) is 48.9 Å². The van der Waals surface area contributed by atoms with Crippen molar-refractivity contribution in [1.29, 1.82) is 0 Å². The molecule has 186 valence electrons. The summed E-state index contributed by atoms with van der Waals surface area (Å²) in [5.74, 6) is 0.526. The summed E-state index contributed by atoms with van der Waals surface area (Å²) in [5.41, 5.74) is 7.42. The second-order valence-electron chi connectivity index (χ2n) is 9.32. The van der Waals surface area contributed by atoms with E-state index in [0.29, 0.717) is 24.1 Å². The number of aromatic amines is 1. The topological polar surface area (TPSA) is 78.1 Å². The van der Waals surface area contributed by atoms with Gasteiger partial charge >= 0.3 is 0 Å². The van der Waals surface area contributed by atoms with Crippen molar-refractivity contribution in [3.05, 3.63) is 126 Å². The number of H-pyrrole nitrogens is 1. The lowest BCUT2D eigenvalue weighted by Gasteiger charge is -2.23. The number of imidazole rings is 1. The summed E-state index contributed by atoms with van der Waals surface area (Å²) in [4.78, 5) is 36.5. The van der Waals surface area contributed by atoms with Crippen LogP contribution < -0.4 is 10.2 Å². The van der Waals surface area contributed by atoms with E-state index in [1.165, 1.54) is 0 Å². The third-order valence-electron chi connectivity index (χ3n) is 6.83. The van der Waals surface area contributed by atoms with Crippen molar-refractivity contribution in [2.24, 2.45) is 0 Å². The smallest absolute Gasteiger partial charge is 0.258 e. The fraction of sp³-hybridized carbons (Fsp3) is 0.0938. The number of fused-ring (bicyclic) bond motifs is 3. The van der Waals surface area contributed by atoms with E-state index in [1.807, 2.05) is 85.8 Å². The van der Waals surface area contributed by atoms with Crippen LogP contribution in [0.3, 0.4) is 0 Å². The van der Waals surface area contributed by atoms with Gasteiger partial charge < -0.3 is 15.2 Å². The highest BCUT2D eigenvalue weighted by molar-refractivity contribution is 6.10. The Morgan fingerprint density at radius 3 is 2.24 bits per heavy atom. The highest BCUT2D eigenvalue weighted by atomic mass is 16.2. The molecule has 6 heteroatoms. The summed E-state index contributed by atoms with van der Waals surface area (Å²) in [6.07, 6.45) is 0.678. The van der Waals surface area contributed by atoms with Crippen LogP contribution in [0.1, 0.15) is 32.2 Å². The van der Waals surface area contributed by atoms with Crippen LogP contribution in [-0.4, -0.2) is 28.3 Å². The van der Waals surface area contributed by atoms with Crippen LogP contribution in [0.5, 0.6) is 0 Å². The summed E-state index contributed by atoms with van der Waals surface area (Å²) in [7, 11) is 0. The molecule has 0 spiro atoms. The van der Waals surface area contributed by atoms with Crippen LogP contribution in [0, 0.1) is 6.92 Å². The van der Waals surface area contributed by atoms with Crippen LogP contribution in [0.15, 0.2) is 103 Å². The van der Waals surface area contributed by atoms with E-state index < -0.39 is 0 Å². The number of nitrogens with zero attached hydrogens (tertiary/aromatic N) is 2. The molecule has 0 atom stereocenters. The zero-order chi connectivity index (χ0) is 26.1. The Morgan fingerprint density at radius 1 is 0.789 bits per heavy atom. The van der Waals surface area contributed by atoms with Crippen LogP contribution in [-0.2, 0) is 6.42 Å². The van der Waals surface area contributed by atoms with Crippen molar-refractivity contribution in [3.8, 4) is 22.4 Å². The zero-order valence-corrected chi connectivity index (χ0v) is 20.9. The summed E-state index contributed by atoms with van der Waals surface area (Å²) in [6.45, 7) is 2.47. The van der Waals surface area contributed by atoms with Crippen LogP contribution in [0.25, 0.3) is 22.4 Å². The highest BCUT2D eigenvalue weighted by Crippen LogP contribution is 2.36. The van der Waals surface area contributed by atoms with Crippen molar-refractivity contribution in [2.75, 3.05) is 16.8 Å². The minimum atomic E-state index is -0.229. The number of hydrogen-bond acceptors (Lipinski definition) is 3. The number of hydrogen-bond donors (Lipinski definition) is 2. The van der Waals surface area contributed by atoms with Gasteiger partial charge in [0.25, 0.3) is 11.8 Å². The Labute approximate surface area is 221 Å². The molecule has 0 aliphatic carbocycles. The molecule has 5 aromatic rings. The number of carbonyl (C=O) groups excluding carboxylic acids is 2. The van der Waals surface area contributed by atoms with E-state index in [1.54, 1.807) is 29.2 Å². The Hall–Kier alpha value is -4.97. The number of aryl methyl sites for hydroxylation is 1.